The van der Waals surface area contributed by atoms with Crippen LogP contribution in [0.15, 0.2) is 18.3 Å². The number of carbonyl (C=O) groups is 1. The second-order valence-corrected chi connectivity index (χ2v) is 4.54. The number of aryl methyl sites for hydroxylation is 1. The Morgan fingerprint density at radius 1 is 1.53 bits per heavy atom. The third kappa shape index (κ3) is 1.28. The van der Waals surface area contributed by atoms with E-state index in [0.717, 1.165) is 6.20 Å². The molecule has 1 aliphatic carbocycles. The number of aromatic nitrogens is 2. The first-order chi connectivity index (χ1) is 8.04. The van der Waals surface area contributed by atoms with E-state index in [2.05, 4.69) is 4.98 Å². The number of halogens is 1. The van der Waals surface area contributed by atoms with E-state index in [4.69, 9.17) is 0 Å². The number of carboxylic acids is 1. The Labute approximate surface area is 96.7 Å². The van der Waals surface area contributed by atoms with E-state index in [1.807, 2.05) is 0 Å². The van der Waals surface area contributed by atoms with Gasteiger partial charge < -0.3 is 9.67 Å². The molecule has 1 saturated carbocycles. The molecule has 2 aromatic rings. The molecule has 0 bridgehead atoms. The molecule has 0 spiro atoms. The Balaban J connectivity index is 2.25. The fourth-order valence-corrected chi connectivity index (χ4v) is 2.36. The molecule has 2 heterocycles. The Kier molecular flexibility index (Phi) is 1.85. The minimum atomic E-state index is -0.816. The number of pyridine rings is 1. The van der Waals surface area contributed by atoms with Gasteiger partial charge >= 0.3 is 5.97 Å². The molecule has 3 rings (SSSR count). The Morgan fingerprint density at radius 3 is 2.82 bits per heavy atom. The van der Waals surface area contributed by atoms with Gasteiger partial charge in [0.25, 0.3) is 0 Å². The summed E-state index contributed by atoms with van der Waals surface area (Å²) in [7, 11) is 1.77. The van der Waals surface area contributed by atoms with Crippen molar-refractivity contribution in [3.63, 3.8) is 0 Å². The fourth-order valence-electron chi connectivity index (χ4n) is 2.36. The molecule has 1 fully saturated rings. The summed E-state index contributed by atoms with van der Waals surface area (Å²) in [4.78, 5) is 15.3. The SMILES string of the molecule is Cn1c(C2(C(=O)O)CC2)cc2cc(F)cnc21. The maximum Gasteiger partial charge on any atom is 0.315 e. The summed E-state index contributed by atoms with van der Waals surface area (Å²) in [6, 6.07) is 3.11. The molecule has 0 atom stereocenters. The van der Waals surface area contributed by atoms with Crippen LogP contribution in [0.1, 0.15) is 18.5 Å². The van der Waals surface area contributed by atoms with Crippen molar-refractivity contribution in [1.29, 1.82) is 0 Å². The van der Waals surface area contributed by atoms with Gasteiger partial charge in [-0.3, -0.25) is 4.79 Å². The average molecular weight is 234 g/mol. The summed E-state index contributed by atoms with van der Waals surface area (Å²) in [5.41, 5.74) is 0.540. The first-order valence-corrected chi connectivity index (χ1v) is 5.39. The van der Waals surface area contributed by atoms with E-state index < -0.39 is 17.2 Å². The molecule has 17 heavy (non-hydrogen) atoms. The van der Waals surface area contributed by atoms with Crippen LogP contribution in [-0.2, 0) is 17.3 Å². The van der Waals surface area contributed by atoms with Gasteiger partial charge in [0, 0.05) is 18.1 Å². The van der Waals surface area contributed by atoms with Gasteiger partial charge in [0.05, 0.1) is 6.20 Å². The molecule has 0 radical (unpaired) electrons. The molecule has 0 amide bonds. The quantitative estimate of drug-likeness (QED) is 0.862. The highest BCUT2D eigenvalue weighted by molar-refractivity contribution is 5.88. The number of rotatable bonds is 2. The number of aliphatic carboxylic acids is 1. The lowest BCUT2D eigenvalue weighted by Crippen LogP contribution is -2.22. The van der Waals surface area contributed by atoms with Gasteiger partial charge in [-0.25, -0.2) is 9.37 Å². The van der Waals surface area contributed by atoms with Crippen LogP contribution in [0.2, 0.25) is 0 Å². The summed E-state index contributed by atoms with van der Waals surface area (Å²) < 4.78 is 14.8. The van der Waals surface area contributed by atoms with Gasteiger partial charge in [-0.1, -0.05) is 0 Å². The molecule has 1 N–H and O–H groups in total. The maximum atomic E-state index is 13.1. The fraction of sp³-hybridized carbons (Fsp3) is 0.333. The highest BCUT2D eigenvalue weighted by atomic mass is 19.1. The molecule has 0 unspecified atom stereocenters. The Hall–Kier alpha value is -1.91. The smallest absolute Gasteiger partial charge is 0.315 e. The van der Waals surface area contributed by atoms with E-state index in [-0.39, 0.29) is 0 Å². The van der Waals surface area contributed by atoms with Gasteiger partial charge in [0.15, 0.2) is 0 Å². The molecule has 0 aromatic carbocycles. The number of carboxylic acid groups (broad SMARTS) is 1. The minimum Gasteiger partial charge on any atom is -0.481 e. The van der Waals surface area contributed by atoms with Crippen molar-refractivity contribution in [2.45, 2.75) is 18.3 Å². The van der Waals surface area contributed by atoms with Crippen molar-refractivity contribution in [2.24, 2.45) is 7.05 Å². The summed E-state index contributed by atoms with van der Waals surface area (Å²) >= 11 is 0. The van der Waals surface area contributed by atoms with E-state index in [9.17, 15) is 14.3 Å². The summed E-state index contributed by atoms with van der Waals surface area (Å²) in [5.74, 6) is -1.22. The van der Waals surface area contributed by atoms with Gasteiger partial charge in [-0.2, -0.15) is 0 Å². The van der Waals surface area contributed by atoms with E-state index in [1.165, 1.54) is 6.07 Å². The second-order valence-electron chi connectivity index (χ2n) is 4.54. The lowest BCUT2D eigenvalue weighted by Gasteiger charge is -2.10. The van der Waals surface area contributed by atoms with Gasteiger partial charge in [-0.05, 0) is 25.0 Å². The number of nitrogens with zero attached hydrogens (tertiary/aromatic N) is 2. The molecule has 0 aliphatic heterocycles. The number of hydrogen-bond donors (Lipinski definition) is 1. The Bertz CT molecular complexity index is 629. The van der Waals surface area contributed by atoms with Gasteiger partial charge in [0.1, 0.15) is 16.9 Å². The first kappa shape index (κ1) is 10.3. The molecule has 4 nitrogen and oxygen atoms in total. The summed E-state index contributed by atoms with van der Waals surface area (Å²) in [6.45, 7) is 0. The van der Waals surface area contributed by atoms with Crippen LogP contribution in [0, 0.1) is 5.82 Å². The third-order valence-corrected chi connectivity index (χ3v) is 3.48. The van der Waals surface area contributed by atoms with Crippen molar-refractivity contribution in [2.75, 3.05) is 0 Å². The van der Waals surface area contributed by atoms with E-state index in [0.29, 0.717) is 29.6 Å². The highest BCUT2D eigenvalue weighted by Crippen LogP contribution is 2.49. The zero-order valence-electron chi connectivity index (χ0n) is 9.27. The number of hydrogen-bond acceptors (Lipinski definition) is 2. The third-order valence-electron chi connectivity index (χ3n) is 3.48. The maximum absolute atomic E-state index is 13.1. The van der Waals surface area contributed by atoms with Crippen LogP contribution in [0.3, 0.4) is 0 Å². The normalized spacial score (nSPS) is 17.3. The molecule has 88 valence electrons. The number of fused-ring (bicyclic) bond motifs is 1. The van der Waals surface area contributed by atoms with E-state index >= 15 is 0 Å². The molecule has 0 saturated heterocycles. The van der Waals surface area contributed by atoms with Crippen LogP contribution in [0.5, 0.6) is 0 Å². The lowest BCUT2D eigenvalue weighted by molar-refractivity contribution is -0.140. The van der Waals surface area contributed by atoms with Crippen molar-refractivity contribution in [3.8, 4) is 0 Å². The largest absolute Gasteiger partial charge is 0.481 e. The zero-order chi connectivity index (χ0) is 12.2. The lowest BCUT2D eigenvalue weighted by atomic mass is 10.0. The molecule has 2 aromatic heterocycles. The van der Waals surface area contributed by atoms with Gasteiger partial charge in [0.2, 0.25) is 0 Å². The standard InChI is InChI=1S/C12H11FN2O2/c1-15-9(12(2-3-12)11(16)17)5-7-4-8(13)6-14-10(7)15/h4-6H,2-3H2,1H3,(H,16,17). The molecular formula is C12H11FN2O2. The van der Waals surface area contributed by atoms with Crippen LogP contribution in [-0.4, -0.2) is 20.6 Å². The summed E-state index contributed by atoms with van der Waals surface area (Å²) in [5, 5.41) is 9.90. The molecule has 5 heteroatoms. The predicted molar refractivity (Wildman–Crippen MR) is 59.2 cm³/mol. The van der Waals surface area contributed by atoms with Gasteiger partial charge in [-0.15, -0.1) is 0 Å². The molecule has 1 aliphatic rings. The summed E-state index contributed by atoms with van der Waals surface area (Å²) in [6.07, 6.45) is 2.41. The average Bonchev–Trinajstić information content (AvgIpc) is 3.01. The van der Waals surface area contributed by atoms with Crippen LogP contribution in [0.25, 0.3) is 11.0 Å². The predicted octanol–water partition coefficient (Wildman–Crippen LogP) is 1.83. The van der Waals surface area contributed by atoms with Crippen LogP contribution in [0.4, 0.5) is 4.39 Å². The second kappa shape index (κ2) is 3.06. The minimum absolute atomic E-state index is 0.408. The molecular weight excluding hydrogens is 223 g/mol. The van der Waals surface area contributed by atoms with Crippen LogP contribution >= 0.6 is 0 Å². The van der Waals surface area contributed by atoms with Crippen molar-refractivity contribution in [1.82, 2.24) is 9.55 Å². The zero-order valence-corrected chi connectivity index (χ0v) is 9.27. The van der Waals surface area contributed by atoms with E-state index in [1.54, 1.807) is 17.7 Å². The first-order valence-electron chi connectivity index (χ1n) is 5.39. The van der Waals surface area contributed by atoms with Crippen molar-refractivity contribution in [3.05, 3.63) is 29.8 Å². The monoisotopic (exact) mass is 234 g/mol. The topological polar surface area (TPSA) is 55.1 Å². The Morgan fingerprint density at radius 2 is 2.24 bits per heavy atom. The van der Waals surface area contributed by atoms with Crippen molar-refractivity contribution >= 4 is 17.0 Å². The van der Waals surface area contributed by atoms with Crippen molar-refractivity contribution < 1.29 is 14.3 Å². The highest BCUT2D eigenvalue weighted by Gasteiger charge is 2.53. The van der Waals surface area contributed by atoms with Crippen LogP contribution < -0.4 is 0 Å².